The highest BCUT2D eigenvalue weighted by atomic mass is 35.5. The van der Waals surface area contributed by atoms with E-state index in [2.05, 4.69) is 0 Å². The largest absolute Gasteiger partial charge is 0.340 e. The number of amides is 1. The molecule has 0 spiro atoms. The summed E-state index contributed by atoms with van der Waals surface area (Å²) in [5, 5.41) is 0. The molecule has 2 aliphatic rings. The molecule has 1 aliphatic heterocycles. The van der Waals surface area contributed by atoms with Crippen LogP contribution in [0.4, 0.5) is 4.39 Å². The second-order valence-corrected chi connectivity index (χ2v) is 8.80. The van der Waals surface area contributed by atoms with E-state index in [0.717, 1.165) is 25.0 Å². The topological polar surface area (TPSA) is 83.7 Å². The lowest BCUT2D eigenvalue weighted by Gasteiger charge is -2.30. The number of sulfonamides is 1. The SMILES string of the molecule is Cl.NC1(C(=O)N2CCCN(S(=O)(=O)c3ccc(F)cc3)CC2)CCCC1. The van der Waals surface area contributed by atoms with Gasteiger partial charge in [0.1, 0.15) is 5.82 Å². The van der Waals surface area contributed by atoms with Crippen molar-refractivity contribution in [2.75, 3.05) is 26.2 Å². The van der Waals surface area contributed by atoms with E-state index in [1.54, 1.807) is 4.90 Å². The van der Waals surface area contributed by atoms with Crippen molar-refractivity contribution in [3.05, 3.63) is 30.1 Å². The molecular weight excluding hydrogens is 381 g/mol. The summed E-state index contributed by atoms with van der Waals surface area (Å²) in [5.41, 5.74) is 5.46. The molecule has 0 aromatic heterocycles. The van der Waals surface area contributed by atoms with Crippen molar-refractivity contribution < 1.29 is 17.6 Å². The Bertz CT molecular complexity index is 736. The van der Waals surface area contributed by atoms with Crippen LogP contribution in [0.1, 0.15) is 32.1 Å². The van der Waals surface area contributed by atoms with Crippen LogP contribution in [-0.4, -0.2) is 55.2 Å². The van der Waals surface area contributed by atoms with Crippen LogP contribution >= 0.6 is 12.4 Å². The molecule has 9 heteroatoms. The van der Waals surface area contributed by atoms with Crippen molar-refractivity contribution in [2.45, 2.75) is 42.5 Å². The van der Waals surface area contributed by atoms with E-state index in [9.17, 15) is 17.6 Å². The predicted molar refractivity (Wildman–Crippen MR) is 99.0 cm³/mol. The molecule has 1 aromatic carbocycles. The first-order valence-corrected chi connectivity index (χ1v) is 10.1. The minimum Gasteiger partial charge on any atom is -0.340 e. The molecular formula is C17H25ClFN3O3S. The van der Waals surface area contributed by atoms with Crippen molar-refractivity contribution in [1.82, 2.24) is 9.21 Å². The molecule has 0 bridgehead atoms. The summed E-state index contributed by atoms with van der Waals surface area (Å²) < 4.78 is 39.9. The Balaban J connectivity index is 0.00000243. The molecule has 0 radical (unpaired) electrons. The first kappa shape index (κ1) is 21.1. The van der Waals surface area contributed by atoms with E-state index in [4.69, 9.17) is 5.73 Å². The lowest BCUT2D eigenvalue weighted by molar-refractivity contribution is -0.136. The van der Waals surface area contributed by atoms with Gasteiger partial charge in [-0.15, -0.1) is 12.4 Å². The smallest absolute Gasteiger partial charge is 0.243 e. The lowest BCUT2D eigenvalue weighted by atomic mass is 9.97. The van der Waals surface area contributed by atoms with Crippen LogP contribution in [0.15, 0.2) is 29.2 Å². The Morgan fingerprint density at radius 1 is 1.00 bits per heavy atom. The van der Waals surface area contributed by atoms with E-state index in [1.165, 1.54) is 16.4 Å². The van der Waals surface area contributed by atoms with Gasteiger partial charge in [-0.05, 0) is 43.5 Å². The fourth-order valence-electron chi connectivity index (χ4n) is 3.63. The maximum absolute atomic E-state index is 13.0. The van der Waals surface area contributed by atoms with Crippen molar-refractivity contribution in [1.29, 1.82) is 0 Å². The standard InChI is InChI=1S/C17H24FN3O3S.ClH/c18-14-4-6-15(7-5-14)25(23,24)21-11-3-10-20(12-13-21)16(22)17(19)8-1-2-9-17;/h4-7H,1-3,8-13,19H2;1H. The maximum Gasteiger partial charge on any atom is 0.243 e. The van der Waals surface area contributed by atoms with Gasteiger partial charge < -0.3 is 10.6 Å². The lowest BCUT2D eigenvalue weighted by Crippen LogP contribution is -2.54. The van der Waals surface area contributed by atoms with Crippen LogP contribution in [0.2, 0.25) is 0 Å². The summed E-state index contributed by atoms with van der Waals surface area (Å²) in [7, 11) is -3.69. The minimum atomic E-state index is -3.69. The highest BCUT2D eigenvalue weighted by Crippen LogP contribution is 2.29. The Morgan fingerprint density at radius 3 is 2.23 bits per heavy atom. The van der Waals surface area contributed by atoms with E-state index in [0.29, 0.717) is 38.9 Å². The number of hydrogen-bond donors (Lipinski definition) is 1. The number of rotatable bonds is 3. The monoisotopic (exact) mass is 405 g/mol. The highest BCUT2D eigenvalue weighted by Gasteiger charge is 2.40. The molecule has 26 heavy (non-hydrogen) atoms. The van der Waals surface area contributed by atoms with E-state index in [-0.39, 0.29) is 29.8 Å². The number of nitrogens with zero attached hydrogens (tertiary/aromatic N) is 2. The zero-order valence-corrected chi connectivity index (χ0v) is 16.2. The number of benzene rings is 1. The molecule has 1 saturated carbocycles. The molecule has 1 heterocycles. The van der Waals surface area contributed by atoms with Crippen LogP contribution < -0.4 is 5.73 Å². The molecule has 1 saturated heterocycles. The van der Waals surface area contributed by atoms with Gasteiger partial charge in [0.15, 0.2) is 0 Å². The number of carbonyl (C=O) groups is 1. The number of carbonyl (C=O) groups excluding carboxylic acids is 1. The van der Waals surface area contributed by atoms with Gasteiger partial charge in [-0.2, -0.15) is 4.31 Å². The van der Waals surface area contributed by atoms with Crippen molar-refractivity contribution in [2.24, 2.45) is 5.73 Å². The zero-order valence-electron chi connectivity index (χ0n) is 14.6. The van der Waals surface area contributed by atoms with Gasteiger partial charge in [0.05, 0.1) is 10.4 Å². The summed E-state index contributed by atoms with van der Waals surface area (Å²) in [6.07, 6.45) is 3.87. The van der Waals surface area contributed by atoms with Crippen LogP contribution in [0.25, 0.3) is 0 Å². The van der Waals surface area contributed by atoms with Crippen molar-refractivity contribution in [3.8, 4) is 0 Å². The Morgan fingerprint density at radius 2 is 1.62 bits per heavy atom. The number of nitrogens with two attached hydrogens (primary N) is 1. The Kier molecular flexibility index (Phi) is 6.65. The highest BCUT2D eigenvalue weighted by molar-refractivity contribution is 7.89. The summed E-state index contributed by atoms with van der Waals surface area (Å²) in [6, 6.07) is 4.81. The molecule has 146 valence electrons. The minimum absolute atomic E-state index is 0. The van der Waals surface area contributed by atoms with Crippen molar-refractivity contribution in [3.63, 3.8) is 0 Å². The van der Waals surface area contributed by atoms with Gasteiger partial charge >= 0.3 is 0 Å². The third-order valence-corrected chi connectivity index (χ3v) is 7.03. The molecule has 1 aromatic rings. The van der Waals surface area contributed by atoms with E-state index in [1.807, 2.05) is 0 Å². The molecule has 1 aliphatic carbocycles. The van der Waals surface area contributed by atoms with Crippen LogP contribution in [-0.2, 0) is 14.8 Å². The van der Waals surface area contributed by atoms with Gasteiger partial charge in [-0.25, -0.2) is 12.8 Å². The van der Waals surface area contributed by atoms with Gasteiger partial charge in [-0.3, -0.25) is 4.79 Å². The average molecular weight is 406 g/mol. The maximum atomic E-state index is 13.0. The first-order valence-electron chi connectivity index (χ1n) is 8.67. The van der Waals surface area contributed by atoms with Crippen molar-refractivity contribution >= 4 is 28.3 Å². The zero-order chi connectivity index (χ0) is 18.1. The van der Waals surface area contributed by atoms with Crippen LogP contribution in [0.5, 0.6) is 0 Å². The predicted octanol–water partition coefficient (Wildman–Crippen LogP) is 1.74. The molecule has 2 fully saturated rings. The summed E-state index contributed by atoms with van der Waals surface area (Å²) in [4.78, 5) is 14.5. The molecule has 6 nitrogen and oxygen atoms in total. The van der Waals surface area contributed by atoms with Crippen LogP contribution in [0, 0.1) is 5.82 Å². The number of halogens is 2. The molecule has 2 N–H and O–H groups in total. The molecule has 0 unspecified atom stereocenters. The number of hydrogen-bond acceptors (Lipinski definition) is 4. The Hall–Kier alpha value is -1.22. The van der Waals surface area contributed by atoms with Crippen LogP contribution in [0.3, 0.4) is 0 Å². The third kappa shape index (κ3) is 4.19. The fraction of sp³-hybridized carbons (Fsp3) is 0.588. The molecule has 1 amide bonds. The van der Waals surface area contributed by atoms with Gasteiger partial charge in [-0.1, -0.05) is 12.8 Å². The van der Waals surface area contributed by atoms with Gasteiger partial charge in [0.25, 0.3) is 0 Å². The Labute approximate surface area is 160 Å². The summed E-state index contributed by atoms with van der Waals surface area (Å²) in [5.74, 6) is -0.539. The van der Waals surface area contributed by atoms with E-state index < -0.39 is 21.4 Å². The summed E-state index contributed by atoms with van der Waals surface area (Å²) in [6.45, 7) is 1.40. The molecule has 0 atom stereocenters. The molecule has 3 rings (SSSR count). The normalized spacial score (nSPS) is 21.1. The first-order chi connectivity index (χ1) is 11.8. The second kappa shape index (κ2) is 8.21. The quantitative estimate of drug-likeness (QED) is 0.830. The van der Waals surface area contributed by atoms with E-state index >= 15 is 0 Å². The fourth-order valence-corrected chi connectivity index (χ4v) is 5.10. The van der Waals surface area contributed by atoms with Gasteiger partial charge in [0, 0.05) is 26.2 Å². The average Bonchev–Trinajstić information content (AvgIpc) is 2.89. The second-order valence-electron chi connectivity index (χ2n) is 6.87. The van der Waals surface area contributed by atoms with Gasteiger partial charge in [0.2, 0.25) is 15.9 Å². The third-order valence-electron chi connectivity index (χ3n) is 5.12. The summed E-state index contributed by atoms with van der Waals surface area (Å²) >= 11 is 0.